The van der Waals surface area contributed by atoms with Gasteiger partial charge in [0.25, 0.3) is 0 Å². The molecule has 3 N–H and O–H groups in total. The molecule has 0 aliphatic heterocycles. The van der Waals surface area contributed by atoms with E-state index < -0.39 is 5.97 Å². The van der Waals surface area contributed by atoms with Crippen molar-refractivity contribution in [3.8, 4) is 0 Å². The highest BCUT2D eigenvalue weighted by Gasteiger charge is 2.40. The fourth-order valence-corrected chi connectivity index (χ4v) is 2.77. The number of amides is 2. The van der Waals surface area contributed by atoms with E-state index in [2.05, 4.69) is 34.9 Å². The van der Waals surface area contributed by atoms with Gasteiger partial charge in [-0.2, -0.15) is 0 Å². The van der Waals surface area contributed by atoms with Crippen LogP contribution in [-0.4, -0.2) is 29.7 Å². The van der Waals surface area contributed by atoms with E-state index in [9.17, 15) is 9.59 Å². The third-order valence-corrected chi connectivity index (χ3v) is 3.95. The summed E-state index contributed by atoms with van der Waals surface area (Å²) in [7, 11) is 0. The van der Waals surface area contributed by atoms with E-state index in [1.165, 1.54) is 16.3 Å². The molecular formula is C17H18N2O3. The second kappa shape index (κ2) is 6.05. The Kier molecular flexibility index (Phi) is 3.96. The average molecular weight is 298 g/mol. The number of carbonyl (C=O) groups excluding carboxylic acids is 1. The lowest BCUT2D eigenvalue weighted by atomic mass is 10.0. The minimum atomic E-state index is -0.916. The van der Waals surface area contributed by atoms with E-state index in [0.717, 1.165) is 6.42 Å². The largest absolute Gasteiger partial charge is 0.481 e. The molecular weight excluding hydrogens is 280 g/mol. The molecule has 5 nitrogen and oxygen atoms in total. The topological polar surface area (TPSA) is 78.4 Å². The highest BCUT2D eigenvalue weighted by molar-refractivity contribution is 5.87. The van der Waals surface area contributed by atoms with E-state index in [4.69, 9.17) is 5.11 Å². The van der Waals surface area contributed by atoms with Crippen molar-refractivity contribution in [1.82, 2.24) is 10.6 Å². The first-order chi connectivity index (χ1) is 10.6. The van der Waals surface area contributed by atoms with Crippen molar-refractivity contribution in [3.63, 3.8) is 0 Å². The zero-order chi connectivity index (χ0) is 15.5. The van der Waals surface area contributed by atoms with E-state index in [1.54, 1.807) is 0 Å². The molecule has 2 aromatic rings. The van der Waals surface area contributed by atoms with Crippen LogP contribution in [0.5, 0.6) is 0 Å². The Morgan fingerprint density at radius 1 is 1.14 bits per heavy atom. The number of carbonyl (C=O) groups is 2. The van der Waals surface area contributed by atoms with Crippen molar-refractivity contribution in [2.24, 2.45) is 0 Å². The zero-order valence-electron chi connectivity index (χ0n) is 12.1. The Labute approximate surface area is 128 Å². The third kappa shape index (κ3) is 3.19. The molecule has 2 amide bonds. The number of aliphatic carboxylic acids is 1. The van der Waals surface area contributed by atoms with Crippen molar-refractivity contribution in [2.45, 2.75) is 24.8 Å². The van der Waals surface area contributed by atoms with Crippen LogP contribution in [0.15, 0.2) is 42.5 Å². The summed E-state index contributed by atoms with van der Waals surface area (Å²) in [6.45, 7) is 0.146. The predicted molar refractivity (Wildman–Crippen MR) is 83.9 cm³/mol. The lowest BCUT2D eigenvalue weighted by molar-refractivity contribution is -0.136. The molecule has 1 aliphatic carbocycles. The molecule has 22 heavy (non-hydrogen) atoms. The first kappa shape index (κ1) is 14.4. The van der Waals surface area contributed by atoms with Crippen molar-refractivity contribution in [3.05, 3.63) is 48.0 Å². The van der Waals surface area contributed by atoms with Gasteiger partial charge in [0, 0.05) is 18.5 Å². The minimum absolute atomic E-state index is 0.0646. The summed E-state index contributed by atoms with van der Waals surface area (Å²) < 4.78 is 0. The van der Waals surface area contributed by atoms with Crippen LogP contribution in [0.4, 0.5) is 4.79 Å². The normalized spacial score (nSPS) is 19.6. The maximum Gasteiger partial charge on any atom is 0.315 e. The predicted octanol–water partition coefficient (Wildman–Crippen LogP) is 2.47. The lowest BCUT2D eigenvalue weighted by Crippen LogP contribution is -2.38. The third-order valence-electron chi connectivity index (χ3n) is 3.95. The molecule has 1 fully saturated rings. The van der Waals surface area contributed by atoms with Gasteiger partial charge in [0.15, 0.2) is 0 Å². The maximum absolute atomic E-state index is 11.7. The summed E-state index contributed by atoms with van der Waals surface area (Å²) in [6, 6.07) is 14.3. The molecule has 5 heteroatoms. The first-order valence-electron chi connectivity index (χ1n) is 7.39. The Bertz CT molecular complexity index is 709. The molecule has 0 aromatic heterocycles. The zero-order valence-corrected chi connectivity index (χ0v) is 12.1. The molecule has 2 atom stereocenters. The average Bonchev–Trinajstić information content (AvgIpc) is 3.25. The monoisotopic (exact) mass is 298 g/mol. The highest BCUT2D eigenvalue weighted by atomic mass is 16.4. The molecule has 0 spiro atoms. The Hall–Kier alpha value is -2.56. The Morgan fingerprint density at radius 2 is 1.91 bits per heavy atom. The van der Waals surface area contributed by atoms with Crippen LogP contribution in [0.2, 0.25) is 0 Å². The molecule has 0 saturated heterocycles. The number of hydrogen-bond acceptors (Lipinski definition) is 2. The number of hydrogen-bond donors (Lipinski definition) is 3. The summed E-state index contributed by atoms with van der Waals surface area (Å²) in [6.07, 6.45) is 0.852. The quantitative estimate of drug-likeness (QED) is 0.793. The summed E-state index contributed by atoms with van der Waals surface area (Å²) >= 11 is 0. The number of benzene rings is 2. The second-order valence-electron chi connectivity index (χ2n) is 5.56. The van der Waals surface area contributed by atoms with Crippen LogP contribution in [0.1, 0.15) is 24.3 Å². The van der Waals surface area contributed by atoms with Gasteiger partial charge >= 0.3 is 12.0 Å². The van der Waals surface area contributed by atoms with E-state index >= 15 is 0 Å². The van der Waals surface area contributed by atoms with E-state index in [1.807, 2.05) is 18.2 Å². The minimum Gasteiger partial charge on any atom is -0.481 e. The van der Waals surface area contributed by atoms with Gasteiger partial charge in [-0.15, -0.1) is 0 Å². The first-order valence-corrected chi connectivity index (χ1v) is 7.39. The second-order valence-corrected chi connectivity index (χ2v) is 5.56. The summed E-state index contributed by atoms with van der Waals surface area (Å²) in [4.78, 5) is 22.1. The molecule has 3 rings (SSSR count). The lowest BCUT2D eigenvalue weighted by Gasteiger charge is -2.08. The van der Waals surface area contributed by atoms with Gasteiger partial charge in [-0.3, -0.25) is 4.79 Å². The van der Waals surface area contributed by atoms with Crippen LogP contribution in [-0.2, 0) is 4.79 Å². The van der Waals surface area contributed by atoms with Gasteiger partial charge in [0.2, 0.25) is 0 Å². The van der Waals surface area contributed by atoms with E-state index in [0.29, 0.717) is 5.92 Å². The fourth-order valence-electron chi connectivity index (χ4n) is 2.77. The smallest absolute Gasteiger partial charge is 0.315 e. The van der Waals surface area contributed by atoms with Crippen molar-refractivity contribution < 1.29 is 14.7 Å². The molecule has 1 aliphatic rings. The molecule has 2 aromatic carbocycles. The van der Waals surface area contributed by atoms with Crippen molar-refractivity contribution in [2.75, 3.05) is 6.54 Å². The van der Waals surface area contributed by atoms with Crippen molar-refractivity contribution >= 4 is 22.8 Å². The summed E-state index contributed by atoms with van der Waals surface area (Å²) in [5.74, 6) is -0.586. The number of rotatable bonds is 5. The molecule has 1 saturated carbocycles. The van der Waals surface area contributed by atoms with Gasteiger partial charge in [-0.1, -0.05) is 42.5 Å². The number of nitrogens with one attached hydrogen (secondary N) is 2. The van der Waals surface area contributed by atoms with Crippen LogP contribution in [0.3, 0.4) is 0 Å². The summed E-state index contributed by atoms with van der Waals surface area (Å²) in [5.41, 5.74) is 1.26. The highest BCUT2D eigenvalue weighted by Crippen LogP contribution is 2.43. The summed E-state index contributed by atoms with van der Waals surface area (Å²) in [5, 5.41) is 16.4. The standard InChI is InChI=1S/C17H18N2O3/c20-16(21)8-9-18-17(22)19-15-10-14(15)13-7-3-5-11-4-1-2-6-12(11)13/h1-7,14-15H,8-10H2,(H,20,21)(H2,18,19,22)/t14-,15+/m0/s1. The fraction of sp³-hybridized carbons (Fsp3) is 0.294. The van der Waals surface area contributed by atoms with Crippen LogP contribution < -0.4 is 10.6 Å². The van der Waals surface area contributed by atoms with Gasteiger partial charge in [-0.05, 0) is 22.8 Å². The number of urea groups is 1. The van der Waals surface area contributed by atoms with Crippen LogP contribution in [0, 0.1) is 0 Å². The number of fused-ring (bicyclic) bond motifs is 1. The van der Waals surface area contributed by atoms with Crippen molar-refractivity contribution in [1.29, 1.82) is 0 Å². The molecule has 0 unspecified atom stereocenters. The maximum atomic E-state index is 11.7. The number of carboxylic acids is 1. The molecule has 0 heterocycles. The molecule has 0 radical (unpaired) electrons. The Balaban J connectivity index is 1.59. The van der Waals surface area contributed by atoms with Crippen LogP contribution in [0.25, 0.3) is 10.8 Å². The molecule has 114 valence electrons. The Morgan fingerprint density at radius 3 is 2.73 bits per heavy atom. The van der Waals surface area contributed by atoms with Gasteiger partial charge in [0.1, 0.15) is 0 Å². The SMILES string of the molecule is O=C(O)CCNC(=O)N[C@@H]1C[C@H]1c1cccc2ccccc12. The number of carboxylic acid groups (broad SMARTS) is 1. The van der Waals surface area contributed by atoms with Gasteiger partial charge < -0.3 is 15.7 Å². The molecule has 0 bridgehead atoms. The van der Waals surface area contributed by atoms with Crippen LogP contribution >= 0.6 is 0 Å². The van der Waals surface area contributed by atoms with Gasteiger partial charge in [-0.25, -0.2) is 4.79 Å². The van der Waals surface area contributed by atoms with Gasteiger partial charge in [0.05, 0.1) is 6.42 Å². The van der Waals surface area contributed by atoms with E-state index in [-0.39, 0.29) is 25.0 Å².